The number of phenolic OH excluding ortho intramolecular Hbond substituents is 2. The minimum Gasteiger partial charge on any atom is -0.508 e. The van der Waals surface area contributed by atoms with Crippen LogP contribution in [0.2, 0.25) is 0 Å². The molecular weight excluding hydrogens is 340 g/mol. The molecule has 3 aromatic rings. The van der Waals surface area contributed by atoms with Gasteiger partial charge < -0.3 is 19.5 Å². The summed E-state index contributed by atoms with van der Waals surface area (Å²) in [4.78, 5) is 16.9. The Balaban J connectivity index is 1.81. The molecule has 0 bridgehead atoms. The lowest BCUT2D eigenvalue weighted by Gasteiger charge is -2.08. The van der Waals surface area contributed by atoms with Gasteiger partial charge in [-0.05, 0) is 24.3 Å². The number of benzene rings is 2. The molecule has 0 fully saturated rings. The predicted molar refractivity (Wildman–Crippen MR) is 96.4 cm³/mol. The molecule has 3 rings (SSSR count). The zero-order chi connectivity index (χ0) is 17.8. The monoisotopic (exact) mass is 358 g/mol. The van der Waals surface area contributed by atoms with Crippen LogP contribution in [0.4, 0.5) is 0 Å². The Morgan fingerprint density at radius 2 is 2.04 bits per heavy atom. The second-order valence-corrected chi connectivity index (χ2v) is 6.38. The molecule has 0 aliphatic rings. The second-order valence-electron chi connectivity index (χ2n) is 5.44. The summed E-state index contributed by atoms with van der Waals surface area (Å²) in [5.41, 5.74) is 2.04. The molecule has 2 aromatic carbocycles. The van der Waals surface area contributed by atoms with E-state index in [0.29, 0.717) is 13.2 Å². The van der Waals surface area contributed by atoms with Gasteiger partial charge in [-0.15, -0.1) is 0 Å². The van der Waals surface area contributed by atoms with Crippen molar-refractivity contribution in [1.29, 1.82) is 0 Å². The van der Waals surface area contributed by atoms with Gasteiger partial charge in [-0.1, -0.05) is 23.9 Å². The molecule has 2 N–H and O–H groups in total. The van der Waals surface area contributed by atoms with Crippen molar-refractivity contribution >= 4 is 28.6 Å². The van der Waals surface area contributed by atoms with Gasteiger partial charge in [-0.25, -0.2) is 4.98 Å². The second kappa shape index (κ2) is 7.58. The van der Waals surface area contributed by atoms with Gasteiger partial charge in [-0.3, -0.25) is 4.79 Å². The number of aromatic hydroxyl groups is 2. The summed E-state index contributed by atoms with van der Waals surface area (Å²) in [7, 11) is 1.64. The molecule has 0 amide bonds. The Bertz CT molecular complexity index is 907. The molecule has 6 nitrogen and oxygen atoms in total. The predicted octanol–water partition coefficient (Wildman–Crippen LogP) is 3.07. The molecule has 25 heavy (non-hydrogen) atoms. The molecule has 0 atom stereocenters. The molecule has 0 aliphatic heterocycles. The first-order chi connectivity index (χ1) is 12.1. The van der Waals surface area contributed by atoms with Crippen LogP contribution in [0.15, 0.2) is 47.6 Å². The fraction of sp³-hybridized carbons (Fsp3) is 0.222. The highest BCUT2D eigenvalue weighted by Gasteiger charge is 2.16. The van der Waals surface area contributed by atoms with E-state index < -0.39 is 0 Å². The number of imidazole rings is 1. The van der Waals surface area contributed by atoms with E-state index in [1.807, 2.05) is 28.8 Å². The van der Waals surface area contributed by atoms with Crippen LogP contribution in [-0.4, -0.2) is 45.0 Å². The lowest BCUT2D eigenvalue weighted by molar-refractivity contribution is 0.102. The maximum Gasteiger partial charge on any atom is 0.176 e. The van der Waals surface area contributed by atoms with Crippen molar-refractivity contribution in [1.82, 2.24) is 9.55 Å². The van der Waals surface area contributed by atoms with Crippen molar-refractivity contribution in [2.45, 2.75) is 11.7 Å². The van der Waals surface area contributed by atoms with Crippen molar-refractivity contribution in [3.05, 3.63) is 48.0 Å². The van der Waals surface area contributed by atoms with Crippen LogP contribution in [0.1, 0.15) is 10.4 Å². The number of thioether (sulfide) groups is 1. The average Bonchev–Trinajstić information content (AvgIpc) is 2.95. The van der Waals surface area contributed by atoms with Crippen molar-refractivity contribution < 1.29 is 19.7 Å². The quantitative estimate of drug-likeness (QED) is 0.499. The standard InChI is InChI=1S/C18H18N2O4S/c1-24-9-8-20-15-5-3-2-4-14(15)19-18(20)25-11-17(23)13-7-6-12(21)10-16(13)22/h2-7,10,21-22H,8-9,11H2,1H3. The molecule has 0 saturated carbocycles. The minimum atomic E-state index is -0.229. The molecule has 0 spiro atoms. The Morgan fingerprint density at radius 3 is 2.80 bits per heavy atom. The number of ketones is 1. The van der Waals surface area contributed by atoms with Crippen molar-refractivity contribution in [2.75, 3.05) is 19.5 Å². The Kier molecular flexibility index (Phi) is 5.25. The molecule has 0 unspecified atom stereocenters. The summed E-state index contributed by atoms with van der Waals surface area (Å²) in [6, 6.07) is 11.7. The highest BCUT2D eigenvalue weighted by Crippen LogP contribution is 2.27. The van der Waals surface area contributed by atoms with E-state index in [1.165, 1.54) is 23.9 Å². The fourth-order valence-electron chi connectivity index (χ4n) is 2.53. The fourth-order valence-corrected chi connectivity index (χ4v) is 3.45. The van der Waals surface area contributed by atoms with Crippen LogP contribution in [0.3, 0.4) is 0 Å². The third-order valence-corrected chi connectivity index (χ3v) is 4.73. The van der Waals surface area contributed by atoms with E-state index in [1.54, 1.807) is 7.11 Å². The number of hydrogen-bond donors (Lipinski definition) is 2. The number of aromatic nitrogens is 2. The van der Waals surface area contributed by atoms with Gasteiger partial charge in [0, 0.05) is 19.7 Å². The van der Waals surface area contributed by atoms with Gasteiger partial charge in [0.1, 0.15) is 11.5 Å². The summed E-state index contributed by atoms with van der Waals surface area (Å²) >= 11 is 1.31. The van der Waals surface area contributed by atoms with Crippen LogP contribution in [0.25, 0.3) is 11.0 Å². The van der Waals surface area contributed by atoms with Gasteiger partial charge in [-0.2, -0.15) is 0 Å². The third-order valence-electron chi connectivity index (χ3n) is 3.75. The maximum absolute atomic E-state index is 12.4. The third kappa shape index (κ3) is 3.78. The number of rotatable bonds is 7. The number of para-hydroxylation sites is 2. The first-order valence-electron chi connectivity index (χ1n) is 7.72. The number of methoxy groups -OCH3 is 1. The molecule has 0 aliphatic carbocycles. The molecule has 1 aromatic heterocycles. The maximum atomic E-state index is 12.4. The lowest BCUT2D eigenvalue weighted by atomic mass is 10.1. The normalized spacial score (nSPS) is 11.1. The molecule has 7 heteroatoms. The SMILES string of the molecule is COCCn1c(SCC(=O)c2ccc(O)cc2O)nc2ccccc21. The summed E-state index contributed by atoms with van der Waals surface area (Å²) in [6.07, 6.45) is 0. The molecule has 0 radical (unpaired) electrons. The zero-order valence-corrected chi connectivity index (χ0v) is 14.5. The molecular formula is C18H18N2O4S. The first kappa shape index (κ1) is 17.3. The van der Waals surface area contributed by atoms with E-state index in [2.05, 4.69) is 4.98 Å². The van der Waals surface area contributed by atoms with Crippen molar-refractivity contribution in [3.63, 3.8) is 0 Å². The summed E-state index contributed by atoms with van der Waals surface area (Å²) < 4.78 is 7.18. The smallest absolute Gasteiger partial charge is 0.176 e. The van der Waals surface area contributed by atoms with Gasteiger partial charge >= 0.3 is 0 Å². The van der Waals surface area contributed by atoms with Crippen molar-refractivity contribution in [3.8, 4) is 11.5 Å². The number of ether oxygens (including phenoxy) is 1. The van der Waals surface area contributed by atoms with Crippen LogP contribution in [-0.2, 0) is 11.3 Å². The minimum absolute atomic E-state index is 0.0805. The first-order valence-corrected chi connectivity index (χ1v) is 8.71. The molecule has 0 saturated heterocycles. The van der Waals surface area contributed by atoms with Crippen LogP contribution in [0, 0.1) is 0 Å². The molecule has 1 heterocycles. The summed E-state index contributed by atoms with van der Waals surface area (Å²) in [5, 5.41) is 19.9. The number of nitrogens with zero attached hydrogens (tertiary/aromatic N) is 2. The number of Topliss-reactive ketones (excluding diaryl/α,β-unsaturated/α-hetero) is 1. The van der Waals surface area contributed by atoms with Crippen LogP contribution < -0.4 is 0 Å². The molecule has 130 valence electrons. The number of fused-ring (bicyclic) bond motifs is 1. The highest BCUT2D eigenvalue weighted by atomic mass is 32.2. The number of carbonyl (C=O) groups is 1. The zero-order valence-electron chi connectivity index (χ0n) is 13.7. The number of hydrogen-bond acceptors (Lipinski definition) is 6. The summed E-state index contributed by atoms with van der Waals surface area (Å²) in [5.74, 6) is -0.399. The number of carbonyl (C=O) groups excluding carboxylic acids is 1. The van der Waals surface area contributed by atoms with E-state index in [-0.39, 0.29) is 28.6 Å². The van der Waals surface area contributed by atoms with E-state index >= 15 is 0 Å². The van der Waals surface area contributed by atoms with Gasteiger partial charge in [0.2, 0.25) is 0 Å². The Labute approximate surface area is 149 Å². The lowest BCUT2D eigenvalue weighted by Crippen LogP contribution is -2.08. The topological polar surface area (TPSA) is 84.6 Å². The average molecular weight is 358 g/mol. The Hall–Kier alpha value is -2.51. The van der Waals surface area contributed by atoms with E-state index in [0.717, 1.165) is 22.3 Å². The van der Waals surface area contributed by atoms with E-state index in [4.69, 9.17) is 4.74 Å². The van der Waals surface area contributed by atoms with Gasteiger partial charge in [0.15, 0.2) is 10.9 Å². The van der Waals surface area contributed by atoms with Crippen LogP contribution in [0.5, 0.6) is 11.5 Å². The highest BCUT2D eigenvalue weighted by molar-refractivity contribution is 7.99. The van der Waals surface area contributed by atoms with Gasteiger partial charge in [0.25, 0.3) is 0 Å². The number of phenols is 2. The van der Waals surface area contributed by atoms with Crippen molar-refractivity contribution in [2.24, 2.45) is 0 Å². The van der Waals surface area contributed by atoms with E-state index in [9.17, 15) is 15.0 Å². The Morgan fingerprint density at radius 1 is 1.24 bits per heavy atom. The summed E-state index contributed by atoms with van der Waals surface area (Å²) in [6.45, 7) is 1.18. The van der Waals surface area contributed by atoms with Crippen LogP contribution >= 0.6 is 11.8 Å². The van der Waals surface area contributed by atoms with Gasteiger partial charge in [0.05, 0.1) is 29.0 Å². The largest absolute Gasteiger partial charge is 0.508 e.